The number of hydrogen-bond donors (Lipinski definition) is 2. The highest BCUT2D eigenvalue weighted by Gasteiger charge is 2.27. The Morgan fingerprint density at radius 1 is 1.16 bits per heavy atom. The van der Waals surface area contributed by atoms with Gasteiger partial charge >= 0.3 is 0 Å². The molecule has 0 bridgehead atoms. The summed E-state index contributed by atoms with van der Waals surface area (Å²) in [5.74, 6) is 0.151. The molecule has 8 heteroatoms. The fourth-order valence-electron chi connectivity index (χ4n) is 2.22. The normalized spacial score (nSPS) is 14.2. The van der Waals surface area contributed by atoms with Gasteiger partial charge in [0.15, 0.2) is 0 Å². The first-order valence-corrected chi connectivity index (χ1v) is 9.52. The molecule has 0 aliphatic heterocycles. The average Bonchev–Trinajstić information content (AvgIpc) is 3.38. The molecule has 2 aromatic carbocycles. The monoisotopic (exact) mass is 380 g/mol. The topological polar surface area (TPSA) is 84.5 Å². The molecule has 25 heavy (non-hydrogen) atoms. The summed E-state index contributed by atoms with van der Waals surface area (Å²) in [4.78, 5) is 12.4. The van der Waals surface area contributed by atoms with Gasteiger partial charge in [-0.25, -0.2) is 13.1 Å². The molecule has 1 aliphatic rings. The van der Waals surface area contributed by atoms with Crippen LogP contribution in [0.1, 0.15) is 23.2 Å². The predicted octanol–water partition coefficient (Wildman–Crippen LogP) is 3.04. The number of nitrogens with one attached hydrogen (secondary N) is 2. The number of anilines is 1. The minimum atomic E-state index is -3.52. The van der Waals surface area contributed by atoms with Gasteiger partial charge in [-0.2, -0.15) is 0 Å². The highest BCUT2D eigenvalue weighted by atomic mass is 35.5. The molecular weight excluding hydrogens is 364 g/mol. The lowest BCUT2D eigenvalue weighted by molar-refractivity contribution is 0.102. The molecule has 0 unspecified atom stereocenters. The van der Waals surface area contributed by atoms with E-state index in [2.05, 4.69) is 10.0 Å². The summed E-state index contributed by atoms with van der Waals surface area (Å²) in [5.41, 5.74) is 0.861. The van der Waals surface area contributed by atoms with Crippen LogP contribution in [-0.4, -0.2) is 27.5 Å². The number of rotatable bonds is 6. The van der Waals surface area contributed by atoms with Gasteiger partial charge in [0.25, 0.3) is 5.91 Å². The molecule has 2 aromatic rings. The molecule has 0 atom stereocenters. The minimum absolute atomic E-state index is 0.0350. The highest BCUT2D eigenvalue weighted by molar-refractivity contribution is 7.89. The molecule has 0 aromatic heterocycles. The molecule has 132 valence electrons. The maximum absolute atomic E-state index is 12.3. The maximum atomic E-state index is 12.3. The molecule has 6 nitrogen and oxygen atoms in total. The van der Waals surface area contributed by atoms with E-state index in [1.807, 2.05) is 0 Å². The van der Waals surface area contributed by atoms with Crippen LogP contribution in [0.3, 0.4) is 0 Å². The van der Waals surface area contributed by atoms with Crippen LogP contribution in [0.4, 0.5) is 5.69 Å². The van der Waals surface area contributed by atoms with Crippen molar-refractivity contribution in [3.05, 3.63) is 53.1 Å². The van der Waals surface area contributed by atoms with Crippen molar-refractivity contribution in [3.63, 3.8) is 0 Å². The van der Waals surface area contributed by atoms with Crippen LogP contribution in [0.15, 0.2) is 47.4 Å². The van der Waals surface area contributed by atoms with Gasteiger partial charge in [-0.05, 0) is 55.3 Å². The van der Waals surface area contributed by atoms with Crippen LogP contribution in [0.2, 0.25) is 5.02 Å². The SMILES string of the molecule is COc1ccc(NC(=O)c2ccc(S(=O)(=O)NC3CC3)cc2)cc1Cl. The Labute approximate surface area is 151 Å². The summed E-state index contributed by atoms with van der Waals surface area (Å²) in [7, 11) is -2.02. The number of carbonyl (C=O) groups is 1. The van der Waals surface area contributed by atoms with Crippen LogP contribution in [0, 0.1) is 0 Å². The second-order valence-electron chi connectivity index (χ2n) is 5.72. The summed E-state index contributed by atoms with van der Waals surface area (Å²) in [6.45, 7) is 0. The van der Waals surface area contributed by atoms with E-state index in [4.69, 9.17) is 16.3 Å². The second-order valence-corrected chi connectivity index (χ2v) is 7.84. The van der Waals surface area contributed by atoms with Gasteiger partial charge in [-0.3, -0.25) is 4.79 Å². The van der Waals surface area contributed by atoms with Crippen molar-refractivity contribution in [1.82, 2.24) is 4.72 Å². The molecule has 1 aliphatic carbocycles. The Kier molecular flexibility index (Phi) is 4.99. The Bertz CT molecular complexity index is 893. The van der Waals surface area contributed by atoms with Gasteiger partial charge in [0.05, 0.1) is 17.0 Å². The number of methoxy groups -OCH3 is 1. The van der Waals surface area contributed by atoms with Gasteiger partial charge in [0.2, 0.25) is 10.0 Å². The first-order valence-electron chi connectivity index (χ1n) is 7.66. The van der Waals surface area contributed by atoms with Crippen molar-refractivity contribution >= 4 is 33.2 Å². The molecule has 0 heterocycles. The molecule has 0 radical (unpaired) electrons. The number of benzene rings is 2. The Hall–Kier alpha value is -2.09. The van der Waals surface area contributed by atoms with Crippen molar-refractivity contribution in [2.45, 2.75) is 23.8 Å². The quantitative estimate of drug-likeness (QED) is 0.806. The third-order valence-electron chi connectivity index (χ3n) is 3.74. The lowest BCUT2D eigenvalue weighted by atomic mass is 10.2. The van der Waals surface area contributed by atoms with Crippen molar-refractivity contribution in [1.29, 1.82) is 0 Å². The van der Waals surface area contributed by atoms with Gasteiger partial charge < -0.3 is 10.1 Å². The zero-order valence-electron chi connectivity index (χ0n) is 13.5. The number of halogens is 1. The van der Waals surface area contributed by atoms with E-state index in [1.165, 1.54) is 31.4 Å². The molecule has 2 N–H and O–H groups in total. The van der Waals surface area contributed by atoms with Crippen molar-refractivity contribution in [2.24, 2.45) is 0 Å². The van der Waals surface area contributed by atoms with Crippen molar-refractivity contribution in [3.8, 4) is 5.75 Å². The third-order valence-corrected chi connectivity index (χ3v) is 5.57. The fourth-order valence-corrected chi connectivity index (χ4v) is 3.78. The molecule has 0 saturated heterocycles. The van der Waals surface area contributed by atoms with Crippen LogP contribution in [0.5, 0.6) is 5.75 Å². The summed E-state index contributed by atoms with van der Waals surface area (Å²) >= 11 is 6.03. The van der Waals surface area contributed by atoms with Crippen molar-refractivity contribution < 1.29 is 17.9 Å². The number of hydrogen-bond acceptors (Lipinski definition) is 4. The lowest BCUT2D eigenvalue weighted by Crippen LogP contribution is -2.25. The van der Waals surface area contributed by atoms with Crippen LogP contribution >= 0.6 is 11.6 Å². The van der Waals surface area contributed by atoms with Gasteiger partial charge in [0, 0.05) is 17.3 Å². The van der Waals surface area contributed by atoms with Crippen LogP contribution in [-0.2, 0) is 10.0 Å². The summed E-state index contributed by atoms with van der Waals surface area (Å²) in [6, 6.07) is 10.7. The van der Waals surface area contributed by atoms with E-state index in [1.54, 1.807) is 18.2 Å². The smallest absolute Gasteiger partial charge is 0.255 e. The van der Waals surface area contributed by atoms with Crippen LogP contribution < -0.4 is 14.8 Å². The second kappa shape index (κ2) is 7.03. The average molecular weight is 381 g/mol. The van der Waals surface area contributed by atoms with Crippen molar-refractivity contribution in [2.75, 3.05) is 12.4 Å². The molecule has 1 fully saturated rings. The van der Waals surface area contributed by atoms with E-state index in [0.29, 0.717) is 22.0 Å². The van der Waals surface area contributed by atoms with E-state index in [9.17, 15) is 13.2 Å². The van der Waals surface area contributed by atoms with Crippen LogP contribution in [0.25, 0.3) is 0 Å². The van der Waals surface area contributed by atoms with E-state index < -0.39 is 10.0 Å². The zero-order valence-corrected chi connectivity index (χ0v) is 15.0. The van der Waals surface area contributed by atoms with E-state index >= 15 is 0 Å². The van der Waals surface area contributed by atoms with E-state index in [0.717, 1.165) is 12.8 Å². The number of amides is 1. The van der Waals surface area contributed by atoms with Gasteiger partial charge in [-0.1, -0.05) is 11.6 Å². The summed E-state index contributed by atoms with van der Waals surface area (Å²) in [6.07, 6.45) is 1.73. The third kappa shape index (κ3) is 4.31. The largest absolute Gasteiger partial charge is 0.495 e. The molecule has 0 spiro atoms. The zero-order chi connectivity index (χ0) is 18.0. The first kappa shape index (κ1) is 17.7. The molecule has 1 saturated carbocycles. The predicted molar refractivity (Wildman–Crippen MR) is 95.7 cm³/mol. The fraction of sp³-hybridized carbons (Fsp3) is 0.235. The number of ether oxygens (including phenoxy) is 1. The standard InChI is InChI=1S/C17H17ClN2O4S/c1-24-16-9-6-13(10-15(16)18)19-17(21)11-2-7-14(8-3-11)25(22,23)20-12-4-5-12/h2-3,6-10,12,20H,4-5H2,1H3,(H,19,21). The highest BCUT2D eigenvalue weighted by Crippen LogP contribution is 2.27. The maximum Gasteiger partial charge on any atom is 0.255 e. The van der Waals surface area contributed by atoms with Gasteiger partial charge in [-0.15, -0.1) is 0 Å². The van der Waals surface area contributed by atoms with E-state index in [-0.39, 0.29) is 16.8 Å². The first-order chi connectivity index (χ1) is 11.9. The Morgan fingerprint density at radius 3 is 2.40 bits per heavy atom. The lowest BCUT2D eigenvalue weighted by Gasteiger charge is -2.09. The van der Waals surface area contributed by atoms with Gasteiger partial charge in [0.1, 0.15) is 5.75 Å². The summed E-state index contributed by atoms with van der Waals surface area (Å²) < 4.78 is 31.9. The summed E-state index contributed by atoms with van der Waals surface area (Å²) in [5, 5.41) is 3.09. The Balaban J connectivity index is 1.71. The number of sulfonamides is 1. The molecule has 1 amide bonds. The number of carbonyl (C=O) groups excluding carboxylic acids is 1. The molecular formula is C17H17ClN2O4S. The minimum Gasteiger partial charge on any atom is -0.495 e. The Morgan fingerprint density at radius 2 is 1.84 bits per heavy atom. The molecule has 3 rings (SSSR count).